The summed E-state index contributed by atoms with van der Waals surface area (Å²) < 4.78 is 11.7. The number of morpholine rings is 1. The zero-order chi connectivity index (χ0) is 18.1. The predicted octanol–water partition coefficient (Wildman–Crippen LogP) is 1.81. The molecule has 5 unspecified atom stereocenters. The van der Waals surface area contributed by atoms with Crippen LogP contribution < -0.4 is 15.8 Å². The van der Waals surface area contributed by atoms with Crippen LogP contribution in [0, 0.1) is 5.92 Å². The maximum absolute atomic E-state index is 6.11. The van der Waals surface area contributed by atoms with Gasteiger partial charge in [-0.15, -0.1) is 0 Å². The monoisotopic (exact) mass is 361 g/mol. The van der Waals surface area contributed by atoms with Gasteiger partial charge in [-0.3, -0.25) is 5.43 Å². The van der Waals surface area contributed by atoms with Gasteiger partial charge in [-0.1, -0.05) is 0 Å². The summed E-state index contributed by atoms with van der Waals surface area (Å²) in [6.07, 6.45) is 5.67. The summed E-state index contributed by atoms with van der Waals surface area (Å²) in [5.74, 6) is 1.50. The van der Waals surface area contributed by atoms with Crippen LogP contribution in [0.1, 0.15) is 51.8 Å². The lowest BCUT2D eigenvalue weighted by Gasteiger charge is -2.35. The maximum Gasteiger partial charge on any atom is 0.132 e. The molecule has 1 aliphatic carbocycles. The Morgan fingerprint density at radius 1 is 1.27 bits per heavy atom. The smallest absolute Gasteiger partial charge is 0.132 e. The summed E-state index contributed by atoms with van der Waals surface area (Å²) in [6, 6.07) is 3.19. The Kier molecular flexibility index (Phi) is 5.40. The molecule has 5 atom stereocenters. The number of hydrogen-bond acceptors (Lipinski definition) is 7. The fourth-order valence-electron chi connectivity index (χ4n) is 4.57. The first kappa shape index (κ1) is 18.1. The highest BCUT2D eigenvalue weighted by Gasteiger charge is 2.42. The van der Waals surface area contributed by atoms with Crippen molar-refractivity contribution in [3.8, 4) is 0 Å². The van der Waals surface area contributed by atoms with E-state index in [-0.39, 0.29) is 12.1 Å². The second kappa shape index (κ2) is 7.76. The molecule has 2 saturated heterocycles. The molecule has 2 N–H and O–H groups in total. The fourth-order valence-corrected chi connectivity index (χ4v) is 4.57. The third-order valence-corrected chi connectivity index (χ3v) is 5.82. The largest absolute Gasteiger partial charge is 0.377 e. The number of ether oxygens (including phenoxy) is 2. The molecule has 1 saturated carbocycles. The van der Waals surface area contributed by atoms with Crippen LogP contribution in [-0.2, 0) is 9.47 Å². The molecule has 0 bridgehead atoms. The highest BCUT2D eigenvalue weighted by molar-refractivity contribution is 5.41. The molecule has 26 heavy (non-hydrogen) atoms. The minimum absolute atomic E-state index is 0.205. The van der Waals surface area contributed by atoms with Gasteiger partial charge >= 0.3 is 0 Å². The molecule has 3 heterocycles. The molecule has 3 fully saturated rings. The Bertz CT molecular complexity index is 613. The summed E-state index contributed by atoms with van der Waals surface area (Å²) in [7, 11) is 0. The van der Waals surface area contributed by atoms with Crippen LogP contribution in [0.4, 0.5) is 5.82 Å². The van der Waals surface area contributed by atoms with Gasteiger partial charge in [-0.2, -0.15) is 0 Å². The summed E-state index contributed by atoms with van der Waals surface area (Å²) in [4.78, 5) is 11.5. The molecule has 1 aromatic rings. The first-order valence-electron chi connectivity index (χ1n) is 9.94. The predicted molar refractivity (Wildman–Crippen MR) is 99.8 cm³/mol. The molecule has 0 aromatic carbocycles. The second-order valence-corrected chi connectivity index (χ2v) is 8.07. The molecule has 0 radical (unpaired) electrons. The lowest BCUT2D eigenvalue weighted by molar-refractivity contribution is -0.0276. The third-order valence-electron chi connectivity index (χ3n) is 5.82. The van der Waals surface area contributed by atoms with E-state index in [1.54, 1.807) is 6.33 Å². The average Bonchev–Trinajstić information content (AvgIpc) is 3.05. The molecule has 1 aromatic heterocycles. The van der Waals surface area contributed by atoms with E-state index in [0.717, 1.165) is 50.5 Å². The summed E-state index contributed by atoms with van der Waals surface area (Å²) in [5.41, 5.74) is 8.05. The number of fused-ring (bicyclic) bond motifs is 1. The molecule has 0 amide bonds. The minimum Gasteiger partial charge on any atom is -0.377 e. The van der Waals surface area contributed by atoms with Gasteiger partial charge in [-0.05, 0) is 40.0 Å². The first-order valence-corrected chi connectivity index (χ1v) is 9.94. The van der Waals surface area contributed by atoms with Gasteiger partial charge in [0.1, 0.15) is 12.1 Å². The Labute approximate surface area is 155 Å². The van der Waals surface area contributed by atoms with Crippen molar-refractivity contribution in [2.75, 3.05) is 24.7 Å². The van der Waals surface area contributed by atoms with Gasteiger partial charge in [0.2, 0.25) is 0 Å². The van der Waals surface area contributed by atoms with E-state index in [1.807, 2.05) is 0 Å². The molecule has 0 spiro atoms. The van der Waals surface area contributed by atoms with Crippen LogP contribution in [0.3, 0.4) is 0 Å². The van der Waals surface area contributed by atoms with Crippen molar-refractivity contribution in [2.24, 2.45) is 5.92 Å². The summed E-state index contributed by atoms with van der Waals surface area (Å²) >= 11 is 0. The van der Waals surface area contributed by atoms with E-state index in [9.17, 15) is 0 Å². The van der Waals surface area contributed by atoms with Crippen LogP contribution in [-0.4, -0.2) is 54.0 Å². The molecule has 7 nitrogen and oxygen atoms in total. The molecule has 3 aliphatic rings. The number of rotatable bonds is 4. The zero-order valence-corrected chi connectivity index (χ0v) is 16.0. The van der Waals surface area contributed by atoms with Gasteiger partial charge in [0, 0.05) is 24.6 Å². The Morgan fingerprint density at radius 3 is 2.96 bits per heavy atom. The van der Waals surface area contributed by atoms with Crippen molar-refractivity contribution >= 4 is 5.82 Å². The third kappa shape index (κ3) is 3.71. The number of aromatic nitrogens is 2. The van der Waals surface area contributed by atoms with Gasteiger partial charge < -0.3 is 14.4 Å². The van der Waals surface area contributed by atoms with E-state index >= 15 is 0 Å². The van der Waals surface area contributed by atoms with E-state index in [1.165, 1.54) is 0 Å². The van der Waals surface area contributed by atoms with Crippen LogP contribution in [0.2, 0.25) is 0 Å². The van der Waals surface area contributed by atoms with Crippen molar-refractivity contribution < 1.29 is 9.47 Å². The van der Waals surface area contributed by atoms with E-state index in [4.69, 9.17) is 9.47 Å². The molecule has 4 rings (SSSR count). The Morgan fingerprint density at radius 2 is 2.15 bits per heavy atom. The maximum atomic E-state index is 6.11. The van der Waals surface area contributed by atoms with E-state index < -0.39 is 0 Å². The second-order valence-electron chi connectivity index (χ2n) is 8.07. The Hall–Kier alpha value is -1.28. The number of nitrogens with one attached hydrogen (secondary N) is 2. The van der Waals surface area contributed by atoms with E-state index in [0.29, 0.717) is 24.1 Å². The SMILES string of the molecule is CC(C)OC1CCC2NNC(c3cc(N4CCOCC4C)ncn3)C2C1. The van der Waals surface area contributed by atoms with Crippen molar-refractivity contribution in [1.29, 1.82) is 0 Å². The zero-order valence-electron chi connectivity index (χ0n) is 16.0. The van der Waals surface area contributed by atoms with Gasteiger partial charge in [-0.25, -0.2) is 15.4 Å². The molecular weight excluding hydrogens is 330 g/mol. The van der Waals surface area contributed by atoms with Crippen LogP contribution in [0.5, 0.6) is 0 Å². The van der Waals surface area contributed by atoms with E-state index in [2.05, 4.69) is 52.6 Å². The van der Waals surface area contributed by atoms with Gasteiger partial charge in [0.25, 0.3) is 0 Å². The number of hydrazine groups is 1. The summed E-state index contributed by atoms with van der Waals surface area (Å²) in [5, 5.41) is 0. The lowest BCUT2D eigenvalue weighted by Crippen LogP contribution is -2.44. The van der Waals surface area contributed by atoms with Crippen molar-refractivity contribution in [3.63, 3.8) is 0 Å². The van der Waals surface area contributed by atoms with Crippen LogP contribution in [0.25, 0.3) is 0 Å². The lowest BCUT2D eigenvalue weighted by atomic mass is 9.79. The average molecular weight is 361 g/mol. The van der Waals surface area contributed by atoms with Crippen molar-refractivity contribution in [3.05, 3.63) is 18.1 Å². The Balaban J connectivity index is 1.51. The fraction of sp³-hybridized carbons (Fsp3) is 0.789. The van der Waals surface area contributed by atoms with Gasteiger partial charge in [0.05, 0.1) is 43.2 Å². The van der Waals surface area contributed by atoms with Crippen LogP contribution in [0.15, 0.2) is 12.4 Å². The minimum atomic E-state index is 0.205. The highest BCUT2D eigenvalue weighted by Crippen LogP contribution is 2.39. The molecular formula is C19H31N5O2. The summed E-state index contributed by atoms with van der Waals surface area (Å²) in [6.45, 7) is 8.81. The topological polar surface area (TPSA) is 71.5 Å². The number of nitrogens with zero attached hydrogens (tertiary/aromatic N) is 3. The molecule has 144 valence electrons. The van der Waals surface area contributed by atoms with Crippen LogP contribution >= 0.6 is 0 Å². The normalized spacial score (nSPS) is 34.9. The molecule has 7 heteroatoms. The quantitative estimate of drug-likeness (QED) is 0.847. The van der Waals surface area contributed by atoms with Crippen molar-refractivity contribution in [1.82, 2.24) is 20.8 Å². The highest BCUT2D eigenvalue weighted by atomic mass is 16.5. The van der Waals surface area contributed by atoms with Crippen molar-refractivity contribution in [2.45, 2.75) is 70.4 Å². The first-order chi connectivity index (χ1) is 12.6. The van der Waals surface area contributed by atoms with Gasteiger partial charge in [0.15, 0.2) is 0 Å². The molecule has 2 aliphatic heterocycles. The number of hydrogen-bond donors (Lipinski definition) is 2. The standard InChI is InChI=1S/C19H31N5O2/c1-12(2)26-14-4-5-16-15(8-14)19(23-22-16)17-9-18(21-11-20-17)24-6-7-25-10-13(24)3/h9,11-16,19,22-23H,4-8,10H2,1-3H3. The number of anilines is 1.